The van der Waals surface area contributed by atoms with Gasteiger partial charge in [0.05, 0.1) is 25.9 Å². The van der Waals surface area contributed by atoms with E-state index in [0.717, 1.165) is 5.69 Å². The maximum Gasteiger partial charge on any atom is 0.329 e. The summed E-state index contributed by atoms with van der Waals surface area (Å²) >= 11 is 0. The van der Waals surface area contributed by atoms with Gasteiger partial charge in [0.2, 0.25) is 0 Å². The zero-order chi connectivity index (χ0) is 19.1. The molecule has 0 aliphatic heterocycles. The summed E-state index contributed by atoms with van der Waals surface area (Å²) in [5, 5.41) is 8.97. The largest absolute Gasteiger partial charge is 0.468 e. The van der Waals surface area contributed by atoms with Crippen molar-refractivity contribution in [3.05, 3.63) is 65.7 Å². The maximum absolute atomic E-state index is 12.6. The van der Waals surface area contributed by atoms with Crippen LogP contribution < -0.4 is 4.90 Å². The Labute approximate surface area is 152 Å². The van der Waals surface area contributed by atoms with Crippen LogP contribution in [-0.4, -0.2) is 39.2 Å². The summed E-state index contributed by atoms with van der Waals surface area (Å²) in [6.45, 7) is 0. The number of benzene rings is 2. The Kier molecular flexibility index (Phi) is 6.34. The van der Waals surface area contributed by atoms with Crippen molar-refractivity contribution in [3.63, 3.8) is 0 Å². The van der Waals surface area contributed by atoms with Crippen LogP contribution in [-0.2, 0) is 19.1 Å². The fourth-order valence-electron chi connectivity index (χ4n) is 2.80. The van der Waals surface area contributed by atoms with Crippen molar-refractivity contribution in [2.45, 2.75) is 12.0 Å². The second-order valence-corrected chi connectivity index (χ2v) is 5.65. The first-order chi connectivity index (χ1) is 12.5. The molecule has 6 heteroatoms. The lowest BCUT2D eigenvalue weighted by Crippen LogP contribution is -2.47. The number of nitriles is 1. The molecule has 2 rings (SSSR count). The van der Waals surface area contributed by atoms with Crippen LogP contribution >= 0.6 is 0 Å². The van der Waals surface area contributed by atoms with Gasteiger partial charge in [-0.25, -0.2) is 4.79 Å². The molecule has 2 aromatic carbocycles. The minimum Gasteiger partial charge on any atom is -0.468 e. The van der Waals surface area contributed by atoms with Gasteiger partial charge in [-0.05, 0) is 29.8 Å². The first kappa shape index (κ1) is 19.0. The zero-order valence-corrected chi connectivity index (χ0v) is 14.9. The predicted molar refractivity (Wildman–Crippen MR) is 96.6 cm³/mol. The maximum atomic E-state index is 12.6. The number of rotatable bonds is 6. The molecule has 0 saturated carbocycles. The van der Waals surface area contributed by atoms with Gasteiger partial charge < -0.3 is 14.4 Å². The Bertz CT molecular complexity index is 797. The second-order valence-electron chi connectivity index (χ2n) is 5.65. The molecule has 0 aliphatic carbocycles. The third kappa shape index (κ3) is 4.01. The van der Waals surface area contributed by atoms with Crippen LogP contribution in [0.2, 0.25) is 0 Å². The van der Waals surface area contributed by atoms with Gasteiger partial charge in [0, 0.05) is 12.7 Å². The molecule has 0 spiro atoms. The summed E-state index contributed by atoms with van der Waals surface area (Å²) in [7, 11) is 4.27. The van der Waals surface area contributed by atoms with Gasteiger partial charge in [-0.2, -0.15) is 5.26 Å². The highest BCUT2D eigenvalue weighted by Gasteiger charge is 2.40. The first-order valence-electron chi connectivity index (χ1n) is 7.97. The van der Waals surface area contributed by atoms with Crippen LogP contribution in [0.4, 0.5) is 5.69 Å². The first-order valence-corrected chi connectivity index (χ1v) is 7.97. The number of esters is 2. The number of nitrogens with zero attached hydrogens (tertiary/aromatic N) is 2. The van der Waals surface area contributed by atoms with Gasteiger partial charge in [-0.3, -0.25) is 4.79 Å². The summed E-state index contributed by atoms with van der Waals surface area (Å²) in [6.07, 6.45) is 0. The van der Waals surface area contributed by atoms with Gasteiger partial charge in [0.25, 0.3) is 0 Å². The molecule has 0 fully saturated rings. The Morgan fingerprint density at radius 3 is 2.04 bits per heavy atom. The van der Waals surface area contributed by atoms with E-state index in [2.05, 4.69) is 0 Å². The van der Waals surface area contributed by atoms with Crippen molar-refractivity contribution in [2.24, 2.45) is 0 Å². The molecule has 0 radical (unpaired) electrons. The fraction of sp³-hybridized carbons (Fsp3) is 0.250. The van der Waals surface area contributed by atoms with Gasteiger partial charge in [-0.1, -0.05) is 30.3 Å². The predicted octanol–water partition coefficient (Wildman–Crippen LogP) is 2.49. The number of methoxy groups -OCH3 is 2. The molecular weight excluding hydrogens is 332 g/mol. The number of anilines is 1. The number of hydrogen-bond acceptors (Lipinski definition) is 6. The fourth-order valence-corrected chi connectivity index (χ4v) is 2.80. The second kappa shape index (κ2) is 8.67. The topological polar surface area (TPSA) is 79.6 Å². The summed E-state index contributed by atoms with van der Waals surface area (Å²) in [4.78, 5) is 26.8. The lowest BCUT2D eigenvalue weighted by molar-refractivity contribution is -0.150. The van der Waals surface area contributed by atoms with E-state index in [1.54, 1.807) is 36.2 Å². The van der Waals surface area contributed by atoms with Gasteiger partial charge >= 0.3 is 11.9 Å². The molecule has 6 nitrogen and oxygen atoms in total. The molecule has 26 heavy (non-hydrogen) atoms. The molecule has 2 unspecified atom stereocenters. The van der Waals surface area contributed by atoms with E-state index in [9.17, 15) is 9.59 Å². The van der Waals surface area contributed by atoms with Crippen LogP contribution in [0.25, 0.3) is 0 Å². The molecule has 0 saturated heterocycles. The monoisotopic (exact) mass is 352 g/mol. The van der Waals surface area contributed by atoms with Crippen molar-refractivity contribution in [1.29, 1.82) is 5.26 Å². The van der Waals surface area contributed by atoms with Crippen LogP contribution in [0.3, 0.4) is 0 Å². The van der Waals surface area contributed by atoms with Gasteiger partial charge in [0.1, 0.15) is 12.0 Å². The Balaban J connectivity index is 2.53. The highest BCUT2D eigenvalue weighted by molar-refractivity contribution is 5.91. The highest BCUT2D eigenvalue weighted by atomic mass is 16.5. The quantitative estimate of drug-likeness (QED) is 0.743. The number of likely N-dealkylation sites (N-methyl/N-ethyl adjacent to an activating group) is 1. The average Bonchev–Trinajstić information content (AvgIpc) is 2.71. The van der Waals surface area contributed by atoms with E-state index in [1.165, 1.54) is 14.2 Å². The van der Waals surface area contributed by atoms with E-state index in [4.69, 9.17) is 14.7 Å². The van der Waals surface area contributed by atoms with E-state index in [0.29, 0.717) is 11.1 Å². The van der Waals surface area contributed by atoms with Gasteiger partial charge in [-0.15, -0.1) is 0 Å². The van der Waals surface area contributed by atoms with Crippen molar-refractivity contribution in [1.82, 2.24) is 0 Å². The van der Waals surface area contributed by atoms with Crippen LogP contribution in [0, 0.1) is 11.3 Å². The number of carbonyl (C=O) groups excluding carboxylic acids is 2. The summed E-state index contributed by atoms with van der Waals surface area (Å²) in [5.41, 5.74) is 1.78. The number of ether oxygens (including phenoxy) is 2. The van der Waals surface area contributed by atoms with Gasteiger partial charge in [0.15, 0.2) is 0 Å². The van der Waals surface area contributed by atoms with Crippen molar-refractivity contribution in [3.8, 4) is 6.07 Å². The van der Waals surface area contributed by atoms with Crippen LogP contribution in [0.5, 0.6) is 0 Å². The minimum absolute atomic E-state index is 0.461. The normalized spacial score (nSPS) is 12.4. The van der Waals surface area contributed by atoms with E-state index < -0.39 is 23.9 Å². The molecule has 0 aliphatic rings. The third-order valence-corrected chi connectivity index (χ3v) is 4.19. The highest BCUT2D eigenvalue weighted by Crippen LogP contribution is 2.29. The SMILES string of the molecule is COC(=O)C(c1ccc(C#N)cc1)C(C(=O)OC)N(C)c1ccccc1. The molecule has 2 aromatic rings. The van der Waals surface area contributed by atoms with Crippen LogP contribution in [0.15, 0.2) is 54.6 Å². The number of carbonyl (C=O) groups is 2. The smallest absolute Gasteiger partial charge is 0.329 e. The number of para-hydroxylation sites is 1. The van der Waals surface area contributed by atoms with Crippen molar-refractivity contribution < 1.29 is 19.1 Å². The molecule has 0 amide bonds. The molecule has 134 valence electrons. The Morgan fingerprint density at radius 1 is 0.962 bits per heavy atom. The summed E-state index contributed by atoms with van der Waals surface area (Å²) in [5.74, 6) is -2.03. The van der Waals surface area contributed by atoms with E-state index in [-0.39, 0.29) is 0 Å². The zero-order valence-electron chi connectivity index (χ0n) is 14.9. The third-order valence-electron chi connectivity index (χ3n) is 4.19. The lowest BCUT2D eigenvalue weighted by atomic mass is 9.89. The van der Waals surface area contributed by atoms with E-state index >= 15 is 0 Å². The standard InChI is InChI=1S/C20H20N2O4/c1-22(16-7-5-4-6-8-16)18(20(24)26-3)17(19(23)25-2)15-11-9-14(13-21)10-12-15/h4-12,17-18H,1-3H3. The van der Waals surface area contributed by atoms with E-state index in [1.807, 2.05) is 36.4 Å². The molecular formula is C20H20N2O4. The lowest BCUT2D eigenvalue weighted by Gasteiger charge is -2.33. The Hall–Kier alpha value is -3.33. The van der Waals surface area contributed by atoms with Crippen LogP contribution in [0.1, 0.15) is 17.0 Å². The van der Waals surface area contributed by atoms with Crippen molar-refractivity contribution in [2.75, 3.05) is 26.2 Å². The molecule has 0 heterocycles. The summed E-state index contributed by atoms with van der Waals surface area (Å²) in [6, 6.07) is 16.8. The van der Waals surface area contributed by atoms with Crippen molar-refractivity contribution >= 4 is 17.6 Å². The molecule has 0 N–H and O–H groups in total. The molecule has 0 aromatic heterocycles. The number of hydrogen-bond donors (Lipinski definition) is 0. The minimum atomic E-state index is -0.928. The molecule has 2 atom stereocenters. The summed E-state index contributed by atoms with van der Waals surface area (Å²) < 4.78 is 9.90. The Morgan fingerprint density at radius 2 is 1.54 bits per heavy atom. The molecule has 0 bridgehead atoms. The average molecular weight is 352 g/mol.